The molecular weight excluding hydrogens is 268 g/mol. The number of carbonyl (C=O) groups excluding carboxylic acids is 1. The van der Waals surface area contributed by atoms with Crippen LogP contribution in [0.1, 0.15) is 34.6 Å². The predicted octanol–water partition coefficient (Wildman–Crippen LogP) is 1.85. The van der Waals surface area contributed by atoms with Gasteiger partial charge < -0.3 is 14.4 Å². The first-order chi connectivity index (χ1) is 8.76. The highest BCUT2D eigenvalue weighted by atomic mass is 35.5. The van der Waals surface area contributed by atoms with Crippen LogP contribution in [0.2, 0.25) is 0 Å². The summed E-state index contributed by atoms with van der Waals surface area (Å²) in [5.74, 6) is 0.0286. The fourth-order valence-corrected chi connectivity index (χ4v) is 2.51. The van der Waals surface area contributed by atoms with E-state index in [1.807, 2.05) is 34.6 Å². The van der Waals surface area contributed by atoms with E-state index in [1.54, 1.807) is 9.32 Å². The van der Waals surface area contributed by atoms with Crippen molar-refractivity contribution in [3.63, 3.8) is 0 Å². The van der Waals surface area contributed by atoms with Crippen LogP contribution in [-0.2, 0) is 14.3 Å². The van der Waals surface area contributed by atoms with E-state index in [0.29, 0.717) is 33.0 Å². The maximum Gasteiger partial charge on any atom is 0.245 e. The van der Waals surface area contributed by atoms with Crippen molar-refractivity contribution in [1.82, 2.24) is 9.32 Å². The van der Waals surface area contributed by atoms with Gasteiger partial charge in [-0.15, -0.1) is 0 Å². The molecule has 1 aliphatic heterocycles. The van der Waals surface area contributed by atoms with Crippen LogP contribution in [0.5, 0.6) is 0 Å². The summed E-state index contributed by atoms with van der Waals surface area (Å²) < 4.78 is 12.2. The Morgan fingerprint density at radius 3 is 2.16 bits per heavy atom. The average molecular weight is 293 g/mol. The summed E-state index contributed by atoms with van der Waals surface area (Å²) in [6.45, 7) is 12.3. The monoisotopic (exact) mass is 292 g/mol. The Kier molecular flexibility index (Phi) is 5.62. The highest BCUT2D eigenvalue weighted by Gasteiger charge is 2.55. The number of amides is 1. The molecule has 1 heterocycles. The van der Waals surface area contributed by atoms with Gasteiger partial charge in [0.25, 0.3) is 0 Å². The number of ether oxygens (including phenoxy) is 2. The van der Waals surface area contributed by atoms with Crippen LogP contribution in [0.3, 0.4) is 0 Å². The molecule has 0 aromatic carbocycles. The molecule has 19 heavy (non-hydrogen) atoms. The van der Waals surface area contributed by atoms with E-state index in [4.69, 9.17) is 21.3 Å². The second-order valence-corrected chi connectivity index (χ2v) is 5.94. The van der Waals surface area contributed by atoms with Gasteiger partial charge in [-0.05, 0) is 46.4 Å². The van der Waals surface area contributed by atoms with E-state index in [-0.39, 0.29) is 5.91 Å². The first-order valence-corrected chi connectivity index (χ1v) is 7.03. The molecule has 1 saturated heterocycles. The minimum atomic E-state index is -0.684. The molecule has 1 rings (SSSR count). The van der Waals surface area contributed by atoms with Crippen LogP contribution in [0.25, 0.3) is 0 Å². The Hall–Kier alpha value is -0.360. The molecule has 0 radical (unpaired) electrons. The first kappa shape index (κ1) is 16.7. The summed E-state index contributed by atoms with van der Waals surface area (Å²) in [7, 11) is 0. The van der Waals surface area contributed by atoms with Crippen molar-refractivity contribution in [2.45, 2.75) is 45.8 Å². The van der Waals surface area contributed by atoms with Gasteiger partial charge in [0.05, 0.1) is 19.8 Å². The average Bonchev–Trinajstić information content (AvgIpc) is 2.45. The van der Waals surface area contributed by atoms with Crippen molar-refractivity contribution in [3.8, 4) is 0 Å². The fraction of sp³-hybridized carbons (Fsp3) is 0.923. The summed E-state index contributed by atoms with van der Waals surface area (Å²) in [6.07, 6.45) is 0. The summed E-state index contributed by atoms with van der Waals surface area (Å²) in [4.78, 5) is 14.1. The zero-order valence-electron chi connectivity index (χ0n) is 12.5. The van der Waals surface area contributed by atoms with Crippen molar-refractivity contribution in [3.05, 3.63) is 0 Å². The number of carbonyl (C=O) groups is 1. The fourth-order valence-electron chi connectivity index (χ4n) is 2.35. The highest BCUT2D eigenvalue weighted by Crippen LogP contribution is 2.39. The molecule has 1 amide bonds. The number of halogens is 1. The Labute approximate surface area is 120 Å². The second kappa shape index (κ2) is 6.39. The van der Waals surface area contributed by atoms with Gasteiger partial charge in [-0.2, -0.15) is 4.42 Å². The molecule has 0 atom stereocenters. The summed E-state index contributed by atoms with van der Waals surface area (Å²) in [5, 5.41) is 0. The number of rotatable bonds is 7. The molecule has 0 unspecified atom stereocenters. The minimum Gasteiger partial charge on any atom is -0.379 e. The molecular formula is C13H25ClN2O3. The van der Waals surface area contributed by atoms with E-state index >= 15 is 0 Å². The lowest BCUT2D eigenvalue weighted by molar-refractivity contribution is -0.134. The van der Waals surface area contributed by atoms with Crippen LogP contribution in [0, 0.1) is 0 Å². The highest BCUT2D eigenvalue weighted by molar-refractivity contribution is 6.17. The molecule has 0 aromatic rings. The van der Waals surface area contributed by atoms with Crippen LogP contribution >= 0.6 is 11.8 Å². The number of nitrogens with zero attached hydrogens (tertiary/aromatic N) is 2. The summed E-state index contributed by atoms with van der Waals surface area (Å²) >= 11 is 6.28. The van der Waals surface area contributed by atoms with Gasteiger partial charge in [0, 0.05) is 13.2 Å². The van der Waals surface area contributed by atoms with E-state index < -0.39 is 11.2 Å². The second-order valence-electron chi connectivity index (χ2n) is 5.60. The minimum absolute atomic E-state index is 0.0286. The Morgan fingerprint density at radius 2 is 1.68 bits per heavy atom. The third-order valence-corrected chi connectivity index (χ3v) is 4.27. The van der Waals surface area contributed by atoms with Crippen LogP contribution in [0.15, 0.2) is 0 Å². The van der Waals surface area contributed by atoms with Crippen molar-refractivity contribution < 1.29 is 14.3 Å². The zero-order chi connectivity index (χ0) is 14.7. The van der Waals surface area contributed by atoms with Crippen molar-refractivity contribution in [2.75, 3.05) is 33.0 Å². The first-order valence-electron chi connectivity index (χ1n) is 6.70. The molecule has 0 N–H and O–H groups in total. The molecule has 1 fully saturated rings. The Morgan fingerprint density at radius 1 is 1.11 bits per heavy atom. The van der Waals surface area contributed by atoms with E-state index in [0.717, 1.165) is 0 Å². The lowest BCUT2D eigenvalue weighted by Crippen LogP contribution is -2.47. The third-order valence-electron chi connectivity index (χ3n) is 3.44. The SMILES string of the molecule is CCOCCOCCN1C(=O)C(C)(C)N(Cl)C1(C)C. The van der Waals surface area contributed by atoms with E-state index in [1.165, 1.54) is 0 Å². The maximum absolute atomic E-state index is 12.3. The molecule has 5 nitrogen and oxygen atoms in total. The summed E-state index contributed by atoms with van der Waals surface area (Å²) in [5.41, 5.74) is -1.19. The number of hydrogen-bond donors (Lipinski definition) is 0. The predicted molar refractivity (Wildman–Crippen MR) is 74.9 cm³/mol. The molecule has 0 saturated carbocycles. The van der Waals surface area contributed by atoms with Gasteiger partial charge in [-0.3, -0.25) is 4.79 Å². The maximum atomic E-state index is 12.3. The lowest BCUT2D eigenvalue weighted by atomic mass is 10.1. The van der Waals surface area contributed by atoms with Crippen LogP contribution in [0.4, 0.5) is 0 Å². The van der Waals surface area contributed by atoms with Crippen molar-refractivity contribution >= 4 is 17.7 Å². The smallest absolute Gasteiger partial charge is 0.245 e. The molecule has 6 heteroatoms. The molecule has 0 bridgehead atoms. The van der Waals surface area contributed by atoms with Crippen LogP contribution < -0.4 is 0 Å². The molecule has 0 aromatic heterocycles. The van der Waals surface area contributed by atoms with Gasteiger partial charge in [0.2, 0.25) is 5.91 Å². The quantitative estimate of drug-likeness (QED) is 0.530. The van der Waals surface area contributed by atoms with E-state index in [9.17, 15) is 4.79 Å². The van der Waals surface area contributed by atoms with Crippen molar-refractivity contribution in [2.24, 2.45) is 0 Å². The molecule has 0 spiro atoms. The van der Waals surface area contributed by atoms with Gasteiger partial charge in [0.15, 0.2) is 0 Å². The molecule has 0 aliphatic carbocycles. The van der Waals surface area contributed by atoms with Gasteiger partial charge in [0.1, 0.15) is 11.2 Å². The van der Waals surface area contributed by atoms with Crippen LogP contribution in [-0.4, -0.2) is 59.4 Å². The number of hydrogen-bond acceptors (Lipinski definition) is 4. The lowest BCUT2D eigenvalue weighted by Gasteiger charge is -2.35. The summed E-state index contributed by atoms with van der Waals surface area (Å²) in [6, 6.07) is 0. The normalized spacial score (nSPS) is 22.2. The largest absolute Gasteiger partial charge is 0.379 e. The third kappa shape index (κ3) is 3.40. The Balaban J connectivity index is 2.47. The molecule has 112 valence electrons. The molecule has 1 aliphatic rings. The topological polar surface area (TPSA) is 42.0 Å². The standard InChI is InChI=1S/C13H25ClN2O3/c1-6-18-9-10-19-8-7-15-11(17)12(2,3)16(14)13(15,4)5/h6-10H2,1-5H3. The van der Waals surface area contributed by atoms with Crippen molar-refractivity contribution in [1.29, 1.82) is 0 Å². The van der Waals surface area contributed by atoms with E-state index in [2.05, 4.69) is 0 Å². The Bertz CT molecular complexity index is 321. The van der Waals surface area contributed by atoms with Gasteiger partial charge in [-0.1, -0.05) is 0 Å². The van der Waals surface area contributed by atoms with Gasteiger partial charge >= 0.3 is 0 Å². The van der Waals surface area contributed by atoms with Gasteiger partial charge in [-0.25, -0.2) is 0 Å². The zero-order valence-corrected chi connectivity index (χ0v) is 13.3.